The van der Waals surface area contributed by atoms with E-state index in [1.807, 2.05) is 30.3 Å². The molecule has 0 aliphatic heterocycles. The lowest BCUT2D eigenvalue weighted by Gasteiger charge is -2.08. The molecule has 0 atom stereocenters. The van der Waals surface area contributed by atoms with Crippen LogP contribution in [0.2, 0.25) is 0 Å². The molecule has 0 saturated heterocycles. The van der Waals surface area contributed by atoms with E-state index in [9.17, 15) is 9.18 Å². The lowest BCUT2D eigenvalue weighted by molar-refractivity contribution is 0.0695. The van der Waals surface area contributed by atoms with Gasteiger partial charge in [0.1, 0.15) is 6.67 Å². The number of aryl methyl sites for hydroxylation is 1. The molecule has 2 aromatic rings. The standard InChI is InChI=1S/C14H14FNO2/c15-7-9-16-8-6-12(14(17)18)13(16)10-11-4-2-1-3-5-11/h1-6,8H,7,9-10H2,(H,17,18). The molecule has 1 N–H and O–H groups in total. The molecule has 0 aliphatic rings. The van der Waals surface area contributed by atoms with Gasteiger partial charge in [-0.1, -0.05) is 30.3 Å². The number of carbonyl (C=O) groups is 1. The van der Waals surface area contributed by atoms with Crippen LogP contribution >= 0.6 is 0 Å². The van der Waals surface area contributed by atoms with Crippen molar-refractivity contribution in [2.24, 2.45) is 0 Å². The van der Waals surface area contributed by atoms with E-state index in [0.29, 0.717) is 12.1 Å². The predicted molar refractivity (Wildman–Crippen MR) is 66.6 cm³/mol. The van der Waals surface area contributed by atoms with Crippen LogP contribution in [0.1, 0.15) is 21.6 Å². The van der Waals surface area contributed by atoms with E-state index in [2.05, 4.69) is 0 Å². The minimum absolute atomic E-state index is 0.190. The van der Waals surface area contributed by atoms with Gasteiger partial charge in [0.2, 0.25) is 0 Å². The Hall–Kier alpha value is -2.10. The minimum Gasteiger partial charge on any atom is -0.478 e. The molecule has 0 radical (unpaired) electrons. The van der Waals surface area contributed by atoms with Gasteiger partial charge in [-0.15, -0.1) is 0 Å². The Labute approximate surface area is 104 Å². The van der Waals surface area contributed by atoms with Crippen LogP contribution in [0.15, 0.2) is 42.6 Å². The van der Waals surface area contributed by atoms with Gasteiger partial charge >= 0.3 is 5.97 Å². The fraction of sp³-hybridized carbons (Fsp3) is 0.214. The molecule has 0 fully saturated rings. The van der Waals surface area contributed by atoms with E-state index < -0.39 is 12.6 Å². The number of carboxylic acids is 1. The van der Waals surface area contributed by atoms with Gasteiger partial charge < -0.3 is 9.67 Å². The SMILES string of the molecule is O=C(O)c1ccn(CCF)c1Cc1ccccc1. The second-order valence-corrected chi connectivity index (χ2v) is 4.03. The summed E-state index contributed by atoms with van der Waals surface area (Å²) < 4.78 is 14.1. The van der Waals surface area contributed by atoms with E-state index in [1.165, 1.54) is 6.07 Å². The number of rotatable bonds is 5. The lowest BCUT2D eigenvalue weighted by atomic mass is 10.1. The Kier molecular flexibility index (Phi) is 3.77. The van der Waals surface area contributed by atoms with Gasteiger partial charge in [-0.2, -0.15) is 0 Å². The van der Waals surface area contributed by atoms with Crippen LogP contribution in [0.4, 0.5) is 4.39 Å². The van der Waals surface area contributed by atoms with Crippen LogP contribution < -0.4 is 0 Å². The number of hydrogen-bond acceptors (Lipinski definition) is 1. The number of benzene rings is 1. The number of hydrogen-bond donors (Lipinski definition) is 1. The zero-order chi connectivity index (χ0) is 13.0. The van der Waals surface area contributed by atoms with Crippen LogP contribution in [0.5, 0.6) is 0 Å². The van der Waals surface area contributed by atoms with Crippen molar-refractivity contribution in [2.75, 3.05) is 6.67 Å². The molecule has 2 rings (SSSR count). The zero-order valence-corrected chi connectivity index (χ0v) is 9.84. The van der Waals surface area contributed by atoms with Crippen LogP contribution in [0.3, 0.4) is 0 Å². The van der Waals surface area contributed by atoms with Crippen molar-refractivity contribution in [1.82, 2.24) is 4.57 Å². The number of alkyl halides is 1. The van der Waals surface area contributed by atoms with Crippen molar-refractivity contribution >= 4 is 5.97 Å². The number of aromatic carboxylic acids is 1. The molecular formula is C14H14FNO2. The van der Waals surface area contributed by atoms with Gasteiger partial charge in [0.05, 0.1) is 12.1 Å². The largest absolute Gasteiger partial charge is 0.478 e. The van der Waals surface area contributed by atoms with E-state index in [0.717, 1.165) is 5.56 Å². The Morgan fingerprint density at radius 1 is 1.22 bits per heavy atom. The van der Waals surface area contributed by atoms with E-state index in [-0.39, 0.29) is 12.1 Å². The van der Waals surface area contributed by atoms with Crippen molar-refractivity contribution in [3.8, 4) is 0 Å². The first-order valence-electron chi connectivity index (χ1n) is 5.73. The van der Waals surface area contributed by atoms with E-state index in [1.54, 1.807) is 10.8 Å². The molecule has 1 aromatic carbocycles. The third-order valence-electron chi connectivity index (χ3n) is 2.85. The Morgan fingerprint density at radius 2 is 1.94 bits per heavy atom. The maximum absolute atomic E-state index is 12.4. The Bertz CT molecular complexity index is 534. The monoisotopic (exact) mass is 247 g/mol. The first kappa shape index (κ1) is 12.4. The molecule has 94 valence electrons. The summed E-state index contributed by atoms with van der Waals surface area (Å²) in [6, 6.07) is 11.1. The smallest absolute Gasteiger partial charge is 0.337 e. The molecule has 0 amide bonds. The summed E-state index contributed by atoms with van der Waals surface area (Å²) in [7, 11) is 0. The number of halogens is 1. The van der Waals surface area contributed by atoms with Crippen LogP contribution in [0, 0.1) is 0 Å². The number of carboxylic acid groups (broad SMARTS) is 1. The molecule has 0 unspecified atom stereocenters. The van der Waals surface area contributed by atoms with Crippen molar-refractivity contribution in [3.05, 3.63) is 59.4 Å². The molecule has 18 heavy (non-hydrogen) atoms. The predicted octanol–water partition coefficient (Wildman–Crippen LogP) is 2.75. The highest BCUT2D eigenvalue weighted by atomic mass is 19.1. The summed E-state index contributed by atoms with van der Waals surface area (Å²) in [6.45, 7) is -0.315. The second kappa shape index (κ2) is 5.49. The normalized spacial score (nSPS) is 10.5. The first-order chi connectivity index (χ1) is 8.72. The van der Waals surface area contributed by atoms with E-state index in [4.69, 9.17) is 5.11 Å². The highest BCUT2D eigenvalue weighted by molar-refractivity contribution is 5.89. The molecule has 3 nitrogen and oxygen atoms in total. The van der Waals surface area contributed by atoms with Crippen LogP contribution in [-0.4, -0.2) is 22.3 Å². The third-order valence-corrected chi connectivity index (χ3v) is 2.85. The van der Waals surface area contributed by atoms with Gasteiger partial charge in [0.25, 0.3) is 0 Å². The fourth-order valence-corrected chi connectivity index (χ4v) is 1.99. The molecule has 0 bridgehead atoms. The van der Waals surface area contributed by atoms with Crippen LogP contribution in [-0.2, 0) is 13.0 Å². The number of aromatic nitrogens is 1. The van der Waals surface area contributed by atoms with E-state index >= 15 is 0 Å². The molecule has 0 aliphatic carbocycles. The minimum atomic E-state index is -0.974. The van der Waals surface area contributed by atoms with Crippen molar-refractivity contribution in [3.63, 3.8) is 0 Å². The van der Waals surface area contributed by atoms with Gasteiger partial charge in [-0.05, 0) is 11.6 Å². The topological polar surface area (TPSA) is 42.2 Å². The lowest BCUT2D eigenvalue weighted by Crippen LogP contribution is -2.08. The Morgan fingerprint density at radius 3 is 2.56 bits per heavy atom. The van der Waals surface area contributed by atoms with Gasteiger partial charge in [0.15, 0.2) is 0 Å². The summed E-state index contributed by atoms with van der Waals surface area (Å²) >= 11 is 0. The fourth-order valence-electron chi connectivity index (χ4n) is 1.99. The molecule has 0 saturated carbocycles. The average molecular weight is 247 g/mol. The molecule has 1 heterocycles. The number of nitrogens with zero attached hydrogens (tertiary/aromatic N) is 1. The highest BCUT2D eigenvalue weighted by Gasteiger charge is 2.15. The summed E-state index contributed by atoms with van der Waals surface area (Å²) in [5.74, 6) is -0.974. The Balaban J connectivity index is 2.34. The van der Waals surface area contributed by atoms with Crippen LogP contribution in [0.25, 0.3) is 0 Å². The molecule has 4 heteroatoms. The molecular weight excluding hydrogens is 233 g/mol. The first-order valence-corrected chi connectivity index (χ1v) is 5.73. The molecule has 1 aromatic heterocycles. The second-order valence-electron chi connectivity index (χ2n) is 4.03. The third kappa shape index (κ3) is 2.59. The average Bonchev–Trinajstić information content (AvgIpc) is 2.74. The maximum atomic E-state index is 12.4. The van der Waals surface area contributed by atoms with Crippen molar-refractivity contribution in [1.29, 1.82) is 0 Å². The molecule has 0 spiro atoms. The van der Waals surface area contributed by atoms with Gasteiger partial charge in [-0.3, -0.25) is 0 Å². The van der Waals surface area contributed by atoms with Gasteiger partial charge in [0, 0.05) is 18.3 Å². The quantitative estimate of drug-likeness (QED) is 0.882. The summed E-state index contributed by atoms with van der Waals surface area (Å²) in [4.78, 5) is 11.1. The van der Waals surface area contributed by atoms with Crippen molar-refractivity contribution < 1.29 is 14.3 Å². The van der Waals surface area contributed by atoms with Gasteiger partial charge in [-0.25, -0.2) is 9.18 Å². The summed E-state index contributed by atoms with van der Waals surface area (Å²) in [5.41, 5.74) is 1.90. The van der Waals surface area contributed by atoms with Crippen molar-refractivity contribution in [2.45, 2.75) is 13.0 Å². The maximum Gasteiger partial charge on any atom is 0.337 e. The summed E-state index contributed by atoms with van der Waals surface area (Å²) in [6.07, 6.45) is 2.12. The highest BCUT2D eigenvalue weighted by Crippen LogP contribution is 2.16. The zero-order valence-electron chi connectivity index (χ0n) is 9.84. The summed E-state index contributed by atoms with van der Waals surface area (Å²) in [5, 5.41) is 9.12.